The lowest BCUT2D eigenvalue weighted by atomic mass is 10.2. The largest absolute Gasteiger partial charge is 0.494 e. The van der Waals surface area contributed by atoms with Crippen LogP contribution in [0.3, 0.4) is 0 Å². The number of halogens is 1. The summed E-state index contributed by atoms with van der Waals surface area (Å²) in [7, 11) is -3.65. The molecule has 0 bridgehead atoms. The first-order chi connectivity index (χ1) is 13.7. The average Bonchev–Trinajstić information content (AvgIpc) is 2.67. The number of nitrogens with one attached hydrogen (secondary N) is 1. The Morgan fingerprint density at radius 3 is 2.34 bits per heavy atom. The van der Waals surface area contributed by atoms with Gasteiger partial charge in [0.2, 0.25) is 15.9 Å². The number of thioether (sulfide) groups is 1. The fourth-order valence-electron chi connectivity index (χ4n) is 2.69. The lowest BCUT2D eigenvalue weighted by Crippen LogP contribution is -2.48. The fourth-order valence-corrected chi connectivity index (χ4v) is 4.76. The normalized spacial score (nSPS) is 12.3. The number of anilines is 1. The van der Waals surface area contributed by atoms with Crippen molar-refractivity contribution in [3.63, 3.8) is 0 Å². The Labute approximate surface area is 181 Å². The van der Waals surface area contributed by atoms with Crippen LogP contribution < -0.4 is 14.4 Å². The summed E-state index contributed by atoms with van der Waals surface area (Å²) in [5.41, 5.74) is 0.411. The van der Waals surface area contributed by atoms with Crippen LogP contribution in [0.15, 0.2) is 53.4 Å². The van der Waals surface area contributed by atoms with Gasteiger partial charge in [-0.05, 0) is 62.4 Å². The number of sulfonamides is 1. The Balaban J connectivity index is 1.98. The maximum atomic E-state index is 12.6. The highest BCUT2D eigenvalue weighted by Crippen LogP contribution is 2.24. The third kappa shape index (κ3) is 7.13. The molecule has 158 valence electrons. The van der Waals surface area contributed by atoms with E-state index in [2.05, 4.69) is 5.32 Å². The van der Waals surface area contributed by atoms with E-state index in [0.29, 0.717) is 35.4 Å². The second-order valence-electron chi connectivity index (χ2n) is 6.26. The van der Waals surface area contributed by atoms with Crippen LogP contribution in [0.25, 0.3) is 0 Å². The van der Waals surface area contributed by atoms with Crippen molar-refractivity contribution < 1.29 is 17.9 Å². The van der Waals surface area contributed by atoms with Gasteiger partial charge in [-0.15, -0.1) is 11.8 Å². The number of rotatable bonds is 10. The zero-order valence-corrected chi connectivity index (χ0v) is 19.0. The van der Waals surface area contributed by atoms with Crippen LogP contribution in [0.4, 0.5) is 5.69 Å². The molecular formula is C20H25ClN2O4S2. The number of carbonyl (C=O) groups is 1. The monoisotopic (exact) mass is 456 g/mol. The lowest BCUT2D eigenvalue weighted by Gasteiger charge is -2.28. The molecule has 2 aromatic carbocycles. The van der Waals surface area contributed by atoms with Crippen LogP contribution >= 0.6 is 23.4 Å². The molecule has 0 aliphatic carbocycles. The number of ether oxygens (including phenoxy) is 1. The van der Waals surface area contributed by atoms with E-state index in [9.17, 15) is 13.2 Å². The Bertz CT molecular complexity index is 903. The van der Waals surface area contributed by atoms with Crippen LogP contribution in [-0.2, 0) is 14.8 Å². The van der Waals surface area contributed by atoms with Crippen molar-refractivity contribution in [2.45, 2.75) is 24.8 Å². The molecule has 9 heteroatoms. The molecule has 0 aromatic heterocycles. The van der Waals surface area contributed by atoms with E-state index in [-0.39, 0.29) is 5.91 Å². The maximum absolute atomic E-state index is 12.6. The molecule has 0 unspecified atom stereocenters. The van der Waals surface area contributed by atoms with Gasteiger partial charge in [0, 0.05) is 22.2 Å². The quantitative estimate of drug-likeness (QED) is 0.434. The molecule has 0 saturated carbocycles. The highest BCUT2D eigenvalue weighted by molar-refractivity contribution is 7.99. The second-order valence-corrected chi connectivity index (χ2v) is 9.72. The minimum absolute atomic E-state index is 0.360. The molecule has 0 fully saturated rings. The van der Waals surface area contributed by atoms with Crippen molar-refractivity contribution in [3.8, 4) is 5.75 Å². The van der Waals surface area contributed by atoms with Crippen molar-refractivity contribution in [1.82, 2.24) is 5.32 Å². The summed E-state index contributed by atoms with van der Waals surface area (Å²) in [5.74, 6) is 0.934. The molecule has 2 aromatic rings. The number of hydrogen-bond acceptors (Lipinski definition) is 5. The number of benzene rings is 2. The predicted molar refractivity (Wildman–Crippen MR) is 120 cm³/mol. The molecule has 0 aliphatic rings. The number of carbonyl (C=O) groups excluding carboxylic acids is 1. The fraction of sp³-hybridized carbons (Fsp3) is 0.350. The van der Waals surface area contributed by atoms with Gasteiger partial charge in [0.05, 0.1) is 18.6 Å². The minimum Gasteiger partial charge on any atom is -0.494 e. The summed E-state index contributed by atoms with van der Waals surface area (Å²) in [4.78, 5) is 13.6. The summed E-state index contributed by atoms with van der Waals surface area (Å²) >= 11 is 7.44. The van der Waals surface area contributed by atoms with Gasteiger partial charge in [0.25, 0.3) is 0 Å². The van der Waals surface area contributed by atoms with Gasteiger partial charge in [-0.25, -0.2) is 8.42 Å². The van der Waals surface area contributed by atoms with Crippen LogP contribution in [0.5, 0.6) is 5.75 Å². The second kappa shape index (κ2) is 10.8. The molecule has 0 spiro atoms. The van der Waals surface area contributed by atoms with Crippen LogP contribution in [0, 0.1) is 0 Å². The van der Waals surface area contributed by atoms with E-state index in [4.69, 9.17) is 16.3 Å². The molecule has 0 radical (unpaired) electrons. The predicted octanol–water partition coefficient (Wildman–Crippen LogP) is 3.80. The summed E-state index contributed by atoms with van der Waals surface area (Å²) in [6.07, 6.45) is 1.09. The molecule has 6 nitrogen and oxygen atoms in total. The molecule has 1 N–H and O–H groups in total. The van der Waals surface area contributed by atoms with E-state index in [0.717, 1.165) is 15.5 Å². The van der Waals surface area contributed by atoms with Gasteiger partial charge >= 0.3 is 0 Å². The van der Waals surface area contributed by atoms with E-state index < -0.39 is 16.1 Å². The average molecular weight is 457 g/mol. The molecule has 0 saturated heterocycles. The Morgan fingerprint density at radius 2 is 1.79 bits per heavy atom. The maximum Gasteiger partial charge on any atom is 0.243 e. The van der Waals surface area contributed by atoms with Gasteiger partial charge in [-0.3, -0.25) is 9.10 Å². The Morgan fingerprint density at radius 1 is 1.17 bits per heavy atom. The molecule has 1 atom stereocenters. The molecule has 29 heavy (non-hydrogen) atoms. The third-order valence-corrected chi connectivity index (χ3v) is 6.48. The van der Waals surface area contributed by atoms with E-state index in [1.165, 1.54) is 0 Å². The Hall–Kier alpha value is -1.90. The zero-order valence-electron chi connectivity index (χ0n) is 16.6. The van der Waals surface area contributed by atoms with Crippen LogP contribution in [0.1, 0.15) is 13.8 Å². The van der Waals surface area contributed by atoms with Gasteiger partial charge in [-0.1, -0.05) is 11.6 Å². The number of nitrogens with zero attached hydrogens (tertiary/aromatic N) is 1. The Kier molecular flexibility index (Phi) is 8.67. The highest BCUT2D eigenvalue weighted by atomic mass is 35.5. The van der Waals surface area contributed by atoms with Gasteiger partial charge in [-0.2, -0.15) is 0 Å². The molecule has 0 heterocycles. The smallest absolute Gasteiger partial charge is 0.243 e. The molecule has 0 aliphatic heterocycles. The van der Waals surface area contributed by atoms with Crippen LogP contribution in [-0.4, -0.2) is 45.5 Å². The first-order valence-corrected chi connectivity index (χ1v) is 12.3. The van der Waals surface area contributed by atoms with E-state index in [1.54, 1.807) is 43.0 Å². The van der Waals surface area contributed by atoms with Crippen molar-refractivity contribution in [2.24, 2.45) is 0 Å². The van der Waals surface area contributed by atoms with Crippen LogP contribution in [0.2, 0.25) is 5.02 Å². The first kappa shape index (κ1) is 23.4. The minimum atomic E-state index is -3.65. The summed E-state index contributed by atoms with van der Waals surface area (Å²) < 4.78 is 31.2. The van der Waals surface area contributed by atoms with Crippen molar-refractivity contribution in [3.05, 3.63) is 53.6 Å². The standard InChI is InChI=1S/C20H25ClN2O4S2/c1-4-27-18-9-7-17(8-10-18)23(29(3,25)26)15(2)20(24)22-13-14-28-19-11-5-16(21)6-12-19/h5-12,15H,4,13-14H2,1-3H3,(H,22,24)/t15-/m0/s1. The first-order valence-electron chi connectivity index (χ1n) is 9.10. The third-order valence-electron chi connectivity index (χ3n) is 3.97. The number of amides is 1. The van der Waals surface area contributed by atoms with Crippen molar-refractivity contribution in [2.75, 3.05) is 29.5 Å². The SMILES string of the molecule is CCOc1ccc(N([C@@H](C)C(=O)NCCSc2ccc(Cl)cc2)S(C)(=O)=O)cc1. The van der Waals surface area contributed by atoms with Gasteiger partial charge in [0.15, 0.2) is 0 Å². The number of hydrogen-bond donors (Lipinski definition) is 1. The van der Waals surface area contributed by atoms with Crippen molar-refractivity contribution in [1.29, 1.82) is 0 Å². The van der Waals surface area contributed by atoms with Crippen molar-refractivity contribution >= 4 is 45.0 Å². The summed E-state index contributed by atoms with van der Waals surface area (Å²) in [6.45, 7) is 4.37. The van der Waals surface area contributed by atoms with Gasteiger partial charge < -0.3 is 10.1 Å². The molecule has 2 rings (SSSR count). The van der Waals surface area contributed by atoms with Gasteiger partial charge in [0.1, 0.15) is 11.8 Å². The topological polar surface area (TPSA) is 75.7 Å². The van der Waals surface area contributed by atoms with E-state index in [1.807, 2.05) is 31.2 Å². The summed E-state index contributed by atoms with van der Waals surface area (Å²) in [5, 5.41) is 3.47. The summed E-state index contributed by atoms with van der Waals surface area (Å²) in [6, 6.07) is 13.2. The zero-order chi connectivity index (χ0) is 21.4. The molecule has 1 amide bonds. The highest BCUT2D eigenvalue weighted by Gasteiger charge is 2.28. The molecular weight excluding hydrogens is 432 g/mol. The van der Waals surface area contributed by atoms with E-state index >= 15 is 0 Å². The lowest BCUT2D eigenvalue weighted by molar-refractivity contribution is -0.121.